The second-order valence-electron chi connectivity index (χ2n) is 8.02. The van der Waals surface area contributed by atoms with E-state index in [1.807, 2.05) is 32.0 Å². The molecule has 0 spiro atoms. The number of hydrogen-bond acceptors (Lipinski definition) is 6. The number of nitrogens with zero attached hydrogens (tertiary/aromatic N) is 3. The normalized spacial score (nSPS) is 24.9. The summed E-state index contributed by atoms with van der Waals surface area (Å²) in [4.78, 5) is 16.7. The molecule has 154 valence electrons. The molecule has 0 aliphatic carbocycles. The highest BCUT2D eigenvalue weighted by Gasteiger charge is 2.35. The SMILES string of the molecule is Cc1noc(C)c1-c1ccc2c(c1)nc([C@@H]1CCC(=O)N1)n2[C@H]1CCS(O)(O)C1. The first-order valence-electron chi connectivity index (χ1n) is 9.80. The molecule has 0 unspecified atom stereocenters. The van der Waals surface area contributed by atoms with Gasteiger partial charge in [0.2, 0.25) is 5.91 Å². The number of benzene rings is 1. The lowest BCUT2D eigenvalue weighted by atomic mass is 10.0. The lowest BCUT2D eigenvalue weighted by Gasteiger charge is -2.27. The zero-order chi connectivity index (χ0) is 20.3. The second kappa shape index (κ2) is 6.58. The molecule has 2 aliphatic rings. The van der Waals surface area contributed by atoms with Gasteiger partial charge in [-0.15, -0.1) is 0 Å². The van der Waals surface area contributed by atoms with Crippen molar-refractivity contribution in [3.8, 4) is 11.1 Å². The second-order valence-corrected chi connectivity index (χ2v) is 10.4. The number of fused-ring (bicyclic) bond motifs is 1. The first kappa shape index (κ1) is 18.7. The van der Waals surface area contributed by atoms with Crippen molar-refractivity contribution < 1.29 is 18.4 Å². The van der Waals surface area contributed by atoms with Gasteiger partial charge in [0.1, 0.15) is 11.6 Å². The van der Waals surface area contributed by atoms with E-state index in [9.17, 15) is 13.9 Å². The fourth-order valence-corrected chi connectivity index (χ4v) is 6.36. The standard InChI is InChI=1S/C20H24N4O4S/c1-11-19(12(2)28-23-11)13-3-5-17-16(9-13)22-20(15-4-6-18(25)21-15)24(17)14-7-8-29(26,27)10-14/h3,5,9,14-15,26-27H,4,6-8,10H2,1-2H3,(H,21,25)/t14-,15-/m0/s1. The Morgan fingerprint density at radius 3 is 2.72 bits per heavy atom. The van der Waals surface area contributed by atoms with Crippen molar-refractivity contribution in [2.24, 2.45) is 0 Å². The van der Waals surface area contributed by atoms with E-state index in [0.717, 1.165) is 39.4 Å². The third-order valence-electron chi connectivity index (χ3n) is 5.95. The highest BCUT2D eigenvalue weighted by atomic mass is 32.3. The molecule has 3 aromatic rings. The molecular weight excluding hydrogens is 392 g/mol. The molecule has 1 amide bonds. The number of hydrogen-bond donors (Lipinski definition) is 3. The van der Waals surface area contributed by atoms with Gasteiger partial charge in [-0.3, -0.25) is 13.9 Å². The molecule has 8 nitrogen and oxygen atoms in total. The summed E-state index contributed by atoms with van der Waals surface area (Å²) < 4.78 is 27.8. The van der Waals surface area contributed by atoms with Crippen LogP contribution in [0.15, 0.2) is 22.7 Å². The Morgan fingerprint density at radius 2 is 2.10 bits per heavy atom. The van der Waals surface area contributed by atoms with E-state index in [4.69, 9.17) is 9.51 Å². The van der Waals surface area contributed by atoms with Crippen molar-refractivity contribution in [3.63, 3.8) is 0 Å². The zero-order valence-electron chi connectivity index (χ0n) is 16.4. The highest BCUT2D eigenvalue weighted by molar-refractivity contribution is 8.24. The van der Waals surface area contributed by atoms with Crippen molar-refractivity contribution in [1.29, 1.82) is 0 Å². The van der Waals surface area contributed by atoms with Crippen molar-refractivity contribution in [2.75, 3.05) is 11.5 Å². The quantitative estimate of drug-likeness (QED) is 0.596. The number of carbonyl (C=O) groups is 1. The number of nitrogens with one attached hydrogen (secondary N) is 1. The van der Waals surface area contributed by atoms with E-state index < -0.39 is 10.6 Å². The Morgan fingerprint density at radius 1 is 1.28 bits per heavy atom. The first-order chi connectivity index (χ1) is 13.8. The number of amides is 1. The lowest BCUT2D eigenvalue weighted by Crippen LogP contribution is -2.23. The van der Waals surface area contributed by atoms with Crippen LogP contribution in [0.25, 0.3) is 22.2 Å². The Bertz CT molecular complexity index is 1100. The van der Waals surface area contributed by atoms with Crippen molar-refractivity contribution in [3.05, 3.63) is 35.5 Å². The summed E-state index contributed by atoms with van der Waals surface area (Å²) in [6.45, 7) is 3.80. The number of imidazole rings is 1. The summed E-state index contributed by atoms with van der Waals surface area (Å²) in [5.74, 6) is 2.32. The van der Waals surface area contributed by atoms with Gasteiger partial charge in [0, 0.05) is 17.7 Å². The van der Waals surface area contributed by atoms with Crippen LogP contribution in [-0.2, 0) is 4.79 Å². The van der Waals surface area contributed by atoms with Crippen LogP contribution in [0.2, 0.25) is 0 Å². The van der Waals surface area contributed by atoms with Gasteiger partial charge < -0.3 is 14.4 Å². The third kappa shape index (κ3) is 3.13. The Hall–Kier alpha value is -2.36. The first-order valence-corrected chi connectivity index (χ1v) is 11.7. The molecule has 2 aromatic heterocycles. The molecule has 9 heteroatoms. The van der Waals surface area contributed by atoms with E-state index in [1.165, 1.54) is 0 Å². The largest absolute Gasteiger partial charge is 0.361 e. The highest BCUT2D eigenvalue weighted by Crippen LogP contribution is 2.51. The molecule has 29 heavy (non-hydrogen) atoms. The molecule has 1 aromatic carbocycles. The van der Waals surface area contributed by atoms with Gasteiger partial charge in [0.15, 0.2) is 0 Å². The predicted molar refractivity (Wildman–Crippen MR) is 111 cm³/mol. The number of aromatic nitrogens is 3. The predicted octanol–water partition coefficient (Wildman–Crippen LogP) is 3.95. The maximum Gasteiger partial charge on any atom is 0.220 e. The van der Waals surface area contributed by atoms with E-state index in [1.54, 1.807) is 0 Å². The summed E-state index contributed by atoms with van der Waals surface area (Å²) in [6.07, 6.45) is 1.87. The van der Waals surface area contributed by atoms with Crippen LogP contribution in [0.3, 0.4) is 0 Å². The van der Waals surface area contributed by atoms with Gasteiger partial charge in [-0.05, 0) is 44.4 Å². The molecule has 4 heterocycles. The van der Waals surface area contributed by atoms with Crippen LogP contribution in [0.4, 0.5) is 0 Å². The minimum atomic E-state index is -2.55. The van der Waals surface area contributed by atoms with Crippen LogP contribution >= 0.6 is 10.6 Å². The van der Waals surface area contributed by atoms with Crippen LogP contribution in [-0.4, -0.2) is 41.2 Å². The number of aryl methyl sites for hydroxylation is 2. The van der Waals surface area contributed by atoms with Crippen LogP contribution in [0.1, 0.15) is 48.6 Å². The molecule has 0 saturated carbocycles. The van der Waals surface area contributed by atoms with E-state index in [-0.39, 0.29) is 18.0 Å². The van der Waals surface area contributed by atoms with Crippen LogP contribution in [0, 0.1) is 13.8 Å². The Kier molecular flexibility index (Phi) is 4.23. The average molecular weight is 417 g/mol. The van der Waals surface area contributed by atoms with Crippen LogP contribution in [0.5, 0.6) is 0 Å². The summed E-state index contributed by atoms with van der Waals surface area (Å²) in [5.41, 5.74) is 4.54. The molecule has 5 rings (SSSR count). The van der Waals surface area contributed by atoms with Gasteiger partial charge in [-0.2, -0.15) is 10.6 Å². The molecule has 0 radical (unpaired) electrons. The number of rotatable bonds is 3. The molecule has 0 bridgehead atoms. The van der Waals surface area contributed by atoms with E-state index >= 15 is 0 Å². The fraction of sp³-hybridized carbons (Fsp3) is 0.450. The molecule has 2 saturated heterocycles. The van der Waals surface area contributed by atoms with Gasteiger partial charge >= 0.3 is 0 Å². The Balaban J connectivity index is 1.65. The minimum absolute atomic E-state index is 0.0285. The van der Waals surface area contributed by atoms with Gasteiger partial charge in [-0.1, -0.05) is 11.2 Å². The lowest BCUT2D eigenvalue weighted by molar-refractivity contribution is -0.119. The van der Waals surface area contributed by atoms with Gasteiger partial charge in [0.25, 0.3) is 0 Å². The average Bonchev–Trinajstić information content (AvgIpc) is 3.41. The molecule has 2 atom stereocenters. The molecule has 2 aliphatic heterocycles. The van der Waals surface area contributed by atoms with Gasteiger partial charge in [0.05, 0.1) is 34.6 Å². The number of carbonyl (C=O) groups excluding carboxylic acids is 1. The smallest absolute Gasteiger partial charge is 0.220 e. The summed E-state index contributed by atoms with van der Waals surface area (Å²) in [5, 5.41) is 7.06. The van der Waals surface area contributed by atoms with Crippen LogP contribution < -0.4 is 5.32 Å². The van der Waals surface area contributed by atoms with Gasteiger partial charge in [-0.25, -0.2) is 4.98 Å². The van der Waals surface area contributed by atoms with E-state index in [2.05, 4.69) is 15.0 Å². The zero-order valence-corrected chi connectivity index (χ0v) is 17.2. The van der Waals surface area contributed by atoms with Crippen molar-refractivity contribution >= 4 is 27.5 Å². The maximum atomic E-state index is 11.8. The Labute approximate surface area is 169 Å². The fourth-order valence-electron chi connectivity index (χ4n) is 4.61. The molecule has 2 fully saturated rings. The van der Waals surface area contributed by atoms with Crippen molar-refractivity contribution in [2.45, 2.75) is 45.2 Å². The molecular formula is C20H24N4O4S. The minimum Gasteiger partial charge on any atom is -0.361 e. The maximum absolute atomic E-state index is 11.8. The van der Waals surface area contributed by atoms with E-state index in [0.29, 0.717) is 30.8 Å². The topological polar surface area (TPSA) is 113 Å². The summed E-state index contributed by atoms with van der Waals surface area (Å²) in [7, 11) is -2.55. The monoisotopic (exact) mass is 416 g/mol. The summed E-state index contributed by atoms with van der Waals surface area (Å²) in [6, 6.07) is 5.87. The third-order valence-corrected chi connectivity index (χ3v) is 7.76. The molecule has 3 N–H and O–H groups in total. The summed E-state index contributed by atoms with van der Waals surface area (Å²) >= 11 is 0. The van der Waals surface area contributed by atoms with Crippen molar-refractivity contribution in [1.82, 2.24) is 20.0 Å².